The lowest BCUT2D eigenvalue weighted by Crippen LogP contribution is -2.42. The molecule has 3 aromatic rings. The summed E-state index contributed by atoms with van der Waals surface area (Å²) in [4.78, 5) is 44.8. The van der Waals surface area contributed by atoms with Crippen LogP contribution in [0.15, 0.2) is 88.0 Å². The van der Waals surface area contributed by atoms with Crippen molar-refractivity contribution < 1.29 is 14.4 Å². The number of nitrogens with zero attached hydrogens (tertiary/aromatic N) is 3. The number of benzene rings is 3. The van der Waals surface area contributed by atoms with Crippen LogP contribution in [0.5, 0.6) is 0 Å². The molecule has 1 aliphatic carbocycles. The highest BCUT2D eigenvalue weighted by molar-refractivity contribution is 6.02. The van der Waals surface area contributed by atoms with Crippen LogP contribution in [0.1, 0.15) is 66.4 Å². The number of ketones is 1. The second-order valence-electron chi connectivity index (χ2n) is 13.2. The molecule has 0 spiro atoms. The van der Waals surface area contributed by atoms with E-state index in [0.717, 1.165) is 73.9 Å². The third-order valence-electron chi connectivity index (χ3n) is 9.91. The van der Waals surface area contributed by atoms with E-state index < -0.39 is 5.92 Å². The van der Waals surface area contributed by atoms with Gasteiger partial charge in [-0.1, -0.05) is 42.5 Å². The number of nitrogens with two attached hydrogens (primary N) is 1. The molecule has 48 heavy (non-hydrogen) atoms. The van der Waals surface area contributed by atoms with Gasteiger partial charge in [-0.3, -0.25) is 14.4 Å². The largest absolute Gasteiger partial charge is 0.349 e. The number of aliphatic imine (C=N–C) groups is 1. The van der Waals surface area contributed by atoms with Crippen molar-refractivity contribution in [3.05, 3.63) is 89.5 Å². The summed E-state index contributed by atoms with van der Waals surface area (Å²) in [6, 6.07) is 23.2. The van der Waals surface area contributed by atoms with E-state index in [1.54, 1.807) is 0 Å². The van der Waals surface area contributed by atoms with Crippen LogP contribution in [0.25, 0.3) is 11.1 Å². The first-order chi connectivity index (χ1) is 23.5. The third kappa shape index (κ3) is 8.48. The molecule has 6 rings (SSSR count). The average Bonchev–Trinajstić information content (AvgIpc) is 3.68. The van der Waals surface area contributed by atoms with Gasteiger partial charge in [0.2, 0.25) is 5.91 Å². The summed E-state index contributed by atoms with van der Waals surface area (Å²) in [5, 5.41) is 17.5. The summed E-state index contributed by atoms with van der Waals surface area (Å²) in [7, 11) is 0. The first kappa shape index (κ1) is 33.4. The molecule has 5 N–H and O–H groups in total. The zero-order valence-electron chi connectivity index (χ0n) is 27.4. The monoisotopic (exact) mass is 647 g/mol. The fourth-order valence-electron chi connectivity index (χ4n) is 6.98. The Balaban J connectivity index is 1.16. The Morgan fingerprint density at radius 2 is 1.56 bits per heavy atom. The van der Waals surface area contributed by atoms with Crippen molar-refractivity contribution >= 4 is 29.1 Å². The smallest absolute Gasteiger partial charge is 0.252 e. The lowest BCUT2D eigenvalue weighted by molar-refractivity contribution is -0.129. The Hall–Kier alpha value is -4.54. The van der Waals surface area contributed by atoms with Crippen molar-refractivity contribution in [2.24, 2.45) is 38.7 Å². The minimum absolute atomic E-state index is 0.0290. The summed E-state index contributed by atoms with van der Waals surface area (Å²) in [6.07, 6.45) is 6.02. The quantitative estimate of drug-likeness (QED) is 0.204. The molecule has 2 amide bonds. The van der Waals surface area contributed by atoms with E-state index in [0.29, 0.717) is 42.6 Å². The molecule has 0 aromatic heterocycles. The lowest BCUT2D eigenvalue weighted by atomic mass is 9.77. The molecule has 1 atom stereocenters. The molecule has 0 unspecified atom stereocenters. The highest BCUT2D eigenvalue weighted by Gasteiger charge is 2.30. The number of azo groups is 1. The Kier molecular flexibility index (Phi) is 11.1. The average molecular weight is 648 g/mol. The van der Waals surface area contributed by atoms with Gasteiger partial charge in [-0.2, -0.15) is 5.11 Å². The van der Waals surface area contributed by atoms with Crippen molar-refractivity contribution in [2.75, 3.05) is 31.6 Å². The topological polar surface area (TPSA) is 150 Å². The minimum Gasteiger partial charge on any atom is -0.349 e. The molecule has 0 bridgehead atoms. The molecule has 1 saturated heterocycles. The zero-order valence-corrected chi connectivity index (χ0v) is 27.4. The van der Waals surface area contributed by atoms with Crippen molar-refractivity contribution in [1.82, 2.24) is 10.6 Å². The summed E-state index contributed by atoms with van der Waals surface area (Å²) in [6.45, 7) is 2.80. The van der Waals surface area contributed by atoms with Gasteiger partial charge in [-0.15, -0.1) is 5.11 Å². The van der Waals surface area contributed by atoms with E-state index in [9.17, 15) is 14.4 Å². The predicted octanol–water partition coefficient (Wildman–Crippen LogP) is 5.53. The highest BCUT2D eigenvalue weighted by Crippen LogP contribution is 2.31. The number of nitrogens with one attached hydrogen (secondary N) is 3. The van der Waals surface area contributed by atoms with Crippen molar-refractivity contribution in [3.63, 3.8) is 0 Å². The number of amides is 2. The maximum Gasteiger partial charge on any atom is 0.252 e. The summed E-state index contributed by atoms with van der Waals surface area (Å²) in [5.74, 6) is 0.390. The van der Waals surface area contributed by atoms with Gasteiger partial charge in [-0.25, -0.2) is 4.99 Å². The predicted molar refractivity (Wildman–Crippen MR) is 188 cm³/mol. The number of piperidine rings is 1. The van der Waals surface area contributed by atoms with Gasteiger partial charge in [0.25, 0.3) is 5.91 Å². The molecule has 3 aromatic carbocycles. The van der Waals surface area contributed by atoms with E-state index in [4.69, 9.17) is 5.73 Å². The van der Waals surface area contributed by atoms with E-state index in [2.05, 4.69) is 31.2 Å². The number of amidine groups is 1. The fraction of sp³-hybridized carbons (Fsp3) is 0.421. The Morgan fingerprint density at radius 1 is 0.854 bits per heavy atom. The normalized spacial score (nSPS) is 20.1. The van der Waals surface area contributed by atoms with Crippen molar-refractivity contribution in [1.29, 1.82) is 0 Å². The highest BCUT2D eigenvalue weighted by atomic mass is 16.2. The van der Waals surface area contributed by atoms with Gasteiger partial charge < -0.3 is 21.7 Å². The molecule has 2 aliphatic heterocycles. The van der Waals surface area contributed by atoms with E-state index >= 15 is 0 Å². The standard InChI is InChI=1S/C38H45N7O3/c39-23-26-7-11-28(12-8-26)35(46)22-30(37(47)43-31-15-13-29(14-16-31)36-41-24-42-45-36)21-25-5-9-27(10-6-25)33-3-1-2-4-34(33)38(48)44-32-17-19-40-20-18-32/h1-6,9-10,13-16,26,28,30,32,40H,7-8,11-12,17-24,39H2,(H,43,47)(H,44,48)/t26?,28?,30-/m1/s1. The maximum absolute atomic E-state index is 13.8. The van der Waals surface area contributed by atoms with Crippen LogP contribution in [-0.2, 0) is 16.0 Å². The Morgan fingerprint density at radius 3 is 2.25 bits per heavy atom. The third-order valence-corrected chi connectivity index (χ3v) is 9.91. The molecular weight excluding hydrogens is 602 g/mol. The molecular formula is C38H45N7O3. The number of hydrogen-bond acceptors (Lipinski definition) is 8. The summed E-state index contributed by atoms with van der Waals surface area (Å²) < 4.78 is 0. The maximum atomic E-state index is 13.8. The molecule has 1 saturated carbocycles. The van der Waals surface area contributed by atoms with Gasteiger partial charge in [0.15, 0.2) is 12.5 Å². The molecule has 0 radical (unpaired) electrons. The minimum atomic E-state index is -0.536. The van der Waals surface area contributed by atoms with Gasteiger partial charge in [-0.05, 0) is 118 Å². The number of carbonyl (C=O) groups is 3. The number of anilines is 1. The first-order valence-electron chi connectivity index (χ1n) is 17.2. The molecule has 2 fully saturated rings. The molecule has 250 valence electrons. The number of hydrogen-bond donors (Lipinski definition) is 4. The summed E-state index contributed by atoms with van der Waals surface area (Å²) >= 11 is 0. The van der Waals surface area contributed by atoms with Crippen LogP contribution in [0.4, 0.5) is 5.69 Å². The SMILES string of the molecule is NCC1CCC(C(=O)C[C@@H](Cc2ccc(-c3ccccc3C(=O)NC3CCNCC3)cc2)C(=O)Nc2ccc(C3=NCN=N3)cc2)CC1. The number of Topliss-reactive ketones (excluding diaryl/α,β-unsaturated/α-hetero) is 1. The molecule has 10 heteroatoms. The van der Waals surface area contributed by atoms with Gasteiger partial charge >= 0.3 is 0 Å². The van der Waals surface area contributed by atoms with Crippen LogP contribution in [0.2, 0.25) is 0 Å². The molecule has 10 nitrogen and oxygen atoms in total. The van der Waals surface area contributed by atoms with Crippen LogP contribution < -0.4 is 21.7 Å². The second kappa shape index (κ2) is 16.0. The van der Waals surface area contributed by atoms with Gasteiger partial charge in [0.05, 0.1) is 0 Å². The number of carbonyl (C=O) groups excluding carboxylic acids is 3. The number of rotatable bonds is 12. The summed E-state index contributed by atoms with van der Waals surface area (Å²) in [5.41, 5.74) is 10.7. The van der Waals surface area contributed by atoms with E-state index in [-0.39, 0.29) is 36.0 Å². The Labute approximate surface area is 282 Å². The van der Waals surface area contributed by atoms with Crippen LogP contribution >= 0.6 is 0 Å². The van der Waals surface area contributed by atoms with E-state index in [1.807, 2.05) is 72.8 Å². The van der Waals surface area contributed by atoms with Gasteiger partial charge in [0, 0.05) is 41.1 Å². The second-order valence-corrected chi connectivity index (χ2v) is 13.2. The fourth-order valence-corrected chi connectivity index (χ4v) is 6.98. The first-order valence-corrected chi connectivity index (χ1v) is 17.2. The van der Waals surface area contributed by atoms with Crippen molar-refractivity contribution in [3.8, 4) is 11.1 Å². The van der Waals surface area contributed by atoms with Crippen molar-refractivity contribution in [2.45, 2.75) is 57.4 Å². The van der Waals surface area contributed by atoms with Crippen LogP contribution in [-0.4, -0.2) is 55.8 Å². The van der Waals surface area contributed by atoms with E-state index in [1.165, 1.54) is 0 Å². The van der Waals surface area contributed by atoms with Crippen LogP contribution in [0.3, 0.4) is 0 Å². The molecule has 2 heterocycles. The Bertz CT molecular complexity index is 1640. The lowest BCUT2D eigenvalue weighted by Gasteiger charge is -2.27. The molecule has 3 aliphatic rings. The van der Waals surface area contributed by atoms with Crippen LogP contribution in [0, 0.1) is 17.8 Å². The van der Waals surface area contributed by atoms with Gasteiger partial charge in [0.1, 0.15) is 5.78 Å². The zero-order chi connectivity index (χ0) is 33.3.